The largest absolute Gasteiger partial charge is 0.493 e. The molecule has 0 spiro atoms. The zero-order valence-electron chi connectivity index (χ0n) is 20.4. The van der Waals surface area contributed by atoms with Crippen molar-refractivity contribution < 1.29 is 23.8 Å². The van der Waals surface area contributed by atoms with Gasteiger partial charge in [0.05, 0.1) is 27.0 Å². The summed E-state index contributed by atoms with van der Waals surface area (Å²) in [5, 5.41) is 0.760. The Morgan fingerprint density at radius 3 is 2.26 bits per heavy atom. The molecule has 1 aromatic carbocycles. The molecule has 2 aliphatic heterocycles. The number of nitrogens with zero attached hydrogens (tertiary/aromatic N) is 3. The molecular weight excluding hydrogens is 454 g/mol. The highest BCUT2D eigenvalue weighted by atomic mass is 32.1. The van der Waals surface area contributed by atoms with Crippen molar-refractivity contribution in [2.24, 2.45) is 4.99 Å². The Bertz CT molecular complexity index is 1110. The number of rotatable bonds is 6. The summed E-state index contributed by atoms with van der Waals surface area (Å²) in [6.45, 7) is 5.55. The SMILES string of the molecule is COc1cc(C2=NCC(=O)N(CC(=O)N3CCCCC3)c3sc(C)c(C)c32)cc(OC)c1OC. The summed E-state index contributed by atoms with van der Waals surface area (Å²) in [4.78, 5) is 35.6. The van der Waals surface area contributed by atoms with Gasteiger partial charge in [0.2, 0.25) is 17.6 Å². The summed E-state index contributed by atoms with van der Waals surface area (Å²) in [6, 6.07) is 3.69. The third kappa shape index (κ3) is 4.36. The molecule has 0 N–H and O–H groups in total. The fourth-order valence-electron chi connectivity index (χ4n) is 4.49. The van der Waals surface area contributed by atoms with Gasteiger partial charge in [0.15, 0.2) is 11.5 Å². The van der Waals surface area contributed by atoms with Gasteiger partial charge >= 0.3 is 0 Å². The normalized spacial score (nSPS) is 16.0. The molecule has 8 nitrogen and oxygen atoms in total. The fourth-order valence-corrected chi connectivity index (χ4v) is 5.67. The van der Waals surface area contributed by atoms with Crippen molar-refractivity contribution in [1.29, 1.82) is 0 Å². The lowest BCUT2D eigenvalue weighted by atomic mass is 9.99. The Morgan fingerprint density at radius 2 is 1.68 bits per heavy atom. The van der Waals surface area contributed by atoms with Crippen LogP contribution in [-0.4, -0.2) is 69.9 Å². The van der Waals surface area contributed by atoms with Crippen molar-refractivity contribution in [2.45, 2.75) is 33.1 Å². The molecular formula is C25H31N3O5S. The van der Waals surface area contributed by atoms with E-state index in [0.717, 1.165) is 58.9 Å². The van der Waals surface area contributed by atoms with E-state index in [-0.39, 0.29) is 24.9 Å². The quantitative estimate of drug-likeness (QED) is 0.625. The molecule has 2 aliphatic rings. The Balaban J connectivity index is 1.78. The molecule has 1 saturated heterocycles. The number of hydrogen-bond donors (Lipinski definition) is 0. The van der Waals surface area contributed by atoms with Gasteiger partial charge in [0.25, 0.3) is 0 Å². The van der Waals surface area contributed by atoms with Crippen molar-refractivity contribution in [1.82, 2.24) is 4.90 Å². The maximum absolute atomic E-state index is 13.2. The summed E-state index contributed by atoms with van der Waals surface area (Å²) < 4.78 is 16.5. The predicted octanol–water partition coefficient (Wildman–Crippen LogP) is 3.59. The Kier molecular flexibility index (Phi) is 7.11. The van der Waals surface area contributed by atoms with Gasteiger partial charge in [-0.25, -0.2) is 0 Å². The highest BCUT2D eigenvalue weighted by Gasteiger charge is 2.32. The first-order valence-corrected chi connectivity index (χ1v) is 12.2. The van der Waals surface area contributed by atoms with Crippen LogP contribution in [0, 0.1) is 13.8 Å². The zero-order valence-corrected chi connectivity index (χ0v) is 21.2. The Hall–Kier alpha value is -3.07. The maximum Gasteiger partial charge on any atom is 0.249 e. The van der Waals surface area contributed by atoms with Crippen molar-refractivity contribution in [3.63, 3.8) is 0 Å². The van der Waals surface area contributed by atoms with Crippen LogP contribution in [0.3, 0.4) is 0 Å². The van der Waals surface area contributed by atoms with Crippen LogP contribution in [0.25, 0.3) is 0 Å². The van der Waals surface area contributed by atoms with Crippen LogP contribution in [0.1, 0.15) is 40.8 Å². The third-order valence-electron chi connectivity index (χ3n) is 6.46. The lowest BCUT2D eigenvalue weighted by Crippen LogP contribution is -2.45. The van der Waals surface area contributed by atoms with E-state index in [1.165, 1.54) is 11.3 Å². The summed E-state index contributed by atoms with van der Waals surface area (Å²) >= 11 is 1.52. The highest BCUT2D eigenvalue weighted by molar-refractivity contribution is 7.17. The number of likely N-dealkylation sites (tertiary alicyclic amines) is 1. The number of piperidine rings is 1. The van der Waals surface area contributed by atoms with E-state index < -0.39 is 0 Å². The fraction of sp³-hybridized carbons (Fsp3) is 0.480. The van der Waals surface area contributed by atoms with Crippen LogP contribution in [0.4, 0.5) is 5.00 Å². The average Bonchev–Trinajstić information content (AvgIpc) is 3.07. The van der Waals surface area contributed by atoms with E-state index in [2.05, 4.69) is 0 Å². The number of aryl methyl sites for hydroxylation is 1. The van der Waals surface area contributed by atoms with Crippen molar-refractivity contribution in [3.05, 3.63) is 33.7 Å². The number of fused-ring (bicyclic) bond motifs is 1. The van der Waals surface area contributed by atoms with E-state index in [1.807, 2.05) is 30.9 Å². The Morgan fingerprint density at radius 1 is 1.03 bits per heavy atom. The number of benzene rings is 1. The predicted molar refractivity (Wildman–Crippen MR) is 133 cm³/mol. The number of aliphatic imine (C=N–C) groups is 1. The molecule has 1 aromatic heterocycles. The standard InChI is InChI=1S/C25H31N3O5S/c1-15-16(2)34-25-22(15)23(17-11-18(31-3)24(33-5)19(12-17)32-4)26-13-20(29)28(25)14-21(30)27-9-7-6-8-10-27/h11-12H,6-10,13-14H2,1-5H3. The van der Waals surface area contributed by atoms with E-state index in [4.69, 9.17) is 19.2 Å². The molecule has 9 heteroatoms. The number of amides is 2. The first-order valence-electron chi connectivity index (χ1n) is 11.4. The first-order chi connectivity index (χ1) is 16.4. The lowest BCUT2D eigenvalue weighted by molar-refractivity contribution is -0.132. The van der Waals surface area contributed by atoms with Gasteiger partial charge in [0.1, 0.15) is 18.1 Å². The highest BCUT2D eigenvalue weighted by Crippen LogP contribution is 2.42. The van der Waals surface area contributed by atoms with Gasteiger partial charge in [-0.05, 0) is 50.8 Å². The average molecular weight is 486 g/mol. The Labute approximate surface area is 204 Å². The topological polar surface area (TPSA) is 80.7 Å². The van der Waals surface area contributed by atoms with Crippen LogP contribution in [0.5, 0.6) is 17.2 Å². The van der Waals surface area contributed by atoms with E-state index >= 15 is 0 Å². The van der Waals surface area contributed by atoms with Gasteiger partial charge in [-0.15, -0.1) is 11.3 Å². The molecule has 0 saturated carbocycles. The summed E-state index contributed by atoms with van der Waals surface area (Å²) in [7, 11) is 4.70. The van der Waals surface area contributed by atoms with Crippen LogP contribution in [0.2, 0.25) is 0 Å². The van der Waals surface area contributed by atoms with Gasteiger partial charge in [-0.2, -0.15) is 0 Å². The molecule has 0 atom stereocenters. The second-order valence-electron chi connectivity index (χ2n) is 8.46. The first kappa shape index (κ1) is 24.1. The molecule has 0 radical (unpaired) electrons. The molecule has 3 heterocycles. The van der Waals surface area contributed by atoms with Crippen LogP contribution < -0.4 is 19.1 Å². The minimum atomic E-state index is -0.185. The van der Waals surface area contributed by atoms with Crippen LogP contribution in [0.15, 0.2) is 17.1 Å². The summed E-state index contributed by atoms with van der Waals surface area (Å²) in [5.74, 6) is 1.32. The summed E-state index contributed by atoms with van der Waals surface area (Å²) in [5.41, 5.74) is 3.35. The van der Waals surface area contributed by atoms with Gasteiger partial charge < -0.3 is 19.1 Å². The monoisotopic (exact) mass is 485 g/mol. The second-order valence-corrected chi connectivity index (χ2v) is 9.67. The molecule has 4 rings (SSSR count). The number of anilines is 1. The lowest BCUT2D eigenvalue weighted by Gasteiger charge is -2.29. The van der Waals surface area contributed by atoms with Crippen LogP contribution in [-0.2, 0) is 9.59 Å². The summed E-state index contributed by atoms with van der Waals surface area (Å²) in [6.07, 6.45) is 3.17. The molecule has 34 heavy (non-hydrogen) atoms. The van der Waals surface area contributed by atoms with Gasteiger partial charge in [0, 0.05) is 29.1 Å². The number of carbonyl (C=O) groups is 2. The number of ether oxygens (including phenoxy) is 3. The van der Waals surface area contributed by atoms with E-state index in [1.54, 1.807) is 26.2 Å². The molecule has 0 aliphatic carbocycles. The third-order valence-corrected chi connectivity index (χ3v) is 7.69. The minimum Gasteiger partial charge on any atom is -0.493 e. The number of methoxy groups -OCH3 is 3. The van der Waals surface area contributed by atoms with Crippen LogP contribution >= 0.6 is 11.3 Å². The molecule has 0 unspecified atom stereocenters. The van der Waals surface area contributed by atoms with Gasteiger partial charge in [-0.3, -0.25) is 19.5 Å². The van der Waals surface area contributed by atoms with E-state index in [0.29, 0.717) is 23.0 Å². The van der Waals surface area contributed by atoms with Crippen molar-refractivity contribution >= 4 is 33.9 Å². The number of thiophene rings is 1. The van der Waals surface area contributed by atoms with Gasteiger partial charge in [-0.1, -0.05) is 0 Å². The van der Waals surface area contributed by atoms with Crippen molar-refractivity contribution in [2.75, 3.05) is 52.4 Å². The molecule has 182 valence electrons. The smallest absolute Gasteiger partial charge is 0.249 e. The number of hydrogen-bond acceptors (Lipinski definition) is 7. The van der Waals surface area contributed by atoms with E-state index in [9.17, 15) is 9.59 Å². The molecule has 2 aromatic rings. The number of carbonyl (C=O) groups excluding carboxylic acids is 2. The molecule has 1 fully saturated rings. The second kappa shape index (κ2) is 10.0. The maximum atomic E-state index is 13.2. The molecule has 2 amide bonds. The minimum absolute atomic E-state index is 0.0149. The zero-order chi connectivity index (χ0) is 24.4. The van der Waals surface area contributed by atoms with Crippen molar-refractivity contribution in [3.8, 4) is 17.2 Å². The molecule has 0 bridgehead atoms.